The second-order valence-electron chi connectivity index (χ2n) is 6.57. The fourth-order valence-corrected chi connectivity index (χ4v) is 2.97. The molecule has 0 aliphatic carbocycles. The number of Topliss-reactive ketones (excluding diaryl/α,β-unsaturated/α-hetero) is 1. The fraction of sp³-hybridized carbons (Fsp3) is 0.0227. The van der Waals surface area contributed by atoms with E-state index in [4.69, 9.17) is 12.8 Å². The second-order valence-corrected chi connectivity index (χ2v) is 8.05. The average Bonchev–Trinajstić information content (AvgIpc) is 3.08. The molecule has 0 aliphatic heterocycles. The lowest BCUT2D eigenvalue weighted by atomic mass is 10.2. The highest BCUT2D eigenvalue weighted by molar-refractivity contribution is 8.06. The average molecular weight is 586 g/mol. The van der Waals surface area contributed by atoms with Crippen LogP contribution in [-0.2, 0) is 10.9 Å². The lowest BCUT2D eigenvalue weighted by Gasteiger charge is -1.95. The van der Waals surface area contributed by atoms with Crippen LogP contribution in [0, 0.1) is 213 Å². The van der Waals surface area contributed by atoms with Crippen molar-refractivity contribution in [3.05, 3.63) is 35.9 Å². The van der Waals surface area contributed by atoms with Crippen LogP contribution in [0.1, 0.15) is 10.4 Å². The van der Waals surface area contributed by atoms with Gasteiger partial charge < -0.3 is 0 Å². The Labute approximate surface area is 275 Å². The Kier molecular flexibility index (Phi) is 21.4. The van der Waals surface area contributed by atoms with Crippen LogP contribution in [0.15, 0.2) is 30.3 Å². The first-order valence-corrected chi connectivity index (χ1v) is 13.4. The van der Waals surface area contributed by atoms with Crippen LogP contribution in [0.4, 0.5) is 0 Å². The van der Waals surface area contributed by atoms with Gasteiger partial charge in [0.25, 0.3) is 0 Å². The van der Waals surface area contributed by atoms with Gasteiger partial charge in [-0.1, -0.05) is 30.3 Å². The molecule has 0 spiro atoms. The Balaban J connectivity index is 2.89. The standard InChI is InChI=1S/C44H9OS/c1-3-5-7-9-11-13-15-17-19-21-23-25-27-29-31-36-40-46(42-44(45)43-38-34-33-35-39-43)41-37-32-30-28-26-24-22-20-18-16-14-12-10-8-6-4-2/h1-2,33-35,38-39H,42H2/q+1. The Morgan fingerprint density at radius 3 is 0.957 bits per heavy atom. The fourth-order valence-electron chi connectivity index (χ4n) is 2.00. The number of carbonyl (C=O) groups excluding carboxylic acids is 1. The Bertz CT molecular complexity index is 2360. The van der Waals surface area contributed by atoms with Gasteiger partial charge in [0.1, 0.15) is 0 Å². The number of ketones is 1. The summed E-state index contributed by atoms with van der Waals surface area (Å²) in [5, 5.41) is 5.77. The Hall–Kier alpha value is -8.68. The molecule has 0 aliphatic rings. The molecule has 1 aromatic rings. The first kappa shape index (κ1) is 35.3. The summed E-state index contributed by atoms with van der Waals surface area (Å²) in [6.07, 6.45) is 9.92. The molecule has 196 valence electrons. The molecule has 0 aromatic heterocycles. The van der Waals surface area contributed by atoms with Crippen molar-refractivity contribution in [3.63, 3.8) is 0 Å². The maximum Gasteiger partial charge on any atom is 0.214 e. The van der Waals surface area contributed by atoms with E-state index in [-0.39, 0.29) is 11.5 Å². The van der Waals surface area contributed by atoms with E-state index >= 15 is 0 Å². The summed E-state index contributed by atoms with van der Waals surface area (Å²) < 4.78 is 0. The van der Waals surface area contributed by atoms with E-state index in [1.54, 1.807) is 24.3 Å². The zero-order valence-electron chi connectivity index (χ0n) is 23.6. The zero-order chi connectivity index (χ0) is 33.0. The van der Waals surface area contributed by atoms with Gasteiger partial charge in [-0.2, -0.15) is 0 Å². The second kappa shape index (κ2) is 27.9. The molecule has 1 nitrogen and oxygen atoms in total. The van der Waals surface area contributed by atoms with Crippen molar-refractivity contribution < 1.29 is 4.79 Å². The van der Waals surface area contributed by atoms with E-state index in [0.717, 1.165) is 0 Å². The molecule has 0 saturated heterocycles. The molecule has 2 heteroatoms. The number of carbonyl (C=O) groups is 1. The van der Waals surface area contributed by atoms with Crippen molar-refractivity contribution in [3.8, 4) is 213 Å². The van der Waals surface area contributed by atoms with Crippen molar-refractivity contribution >= 4 is 16.7 Å². The van der Waals surface area contributed by atoms with Gasteiger partial charge in [0.05, 0.1) is 0 Å². The number of hydrogen-bond acceptors (Lipinski definition) is 1. The van der Waals surface area contributed by atoms with E-state index in [0.29, 0.717) is 5.56 Å². The third kappa shape index (κ3) is 22.2. The van der Waals surface area contributed by atoms with E-state index in [1.165, 1.54) is 0 Å². The molecule has 1 aromatic carbocycles. The normalized spacial score (nSPS) is 5.54. The topological polar surface area (TPSA) is 17.1 Å². The quantitative estimate of drug-likeness (QED) is 0.300. The van der Waals surface area contributed by atoms with Gasteiger partial charge in [0.15, 0.2) is 27.2 Å². The molecule has 0 bridgehead atoms. The lowest BCUT2D eigenvalue weighted by molar-refractivity contribution is 0.102. The predicted molar refractivity (Wildman–Crippen MR) is 185 cm³/mol. The van der Waals surface area contributed by atoms with Crippen LogP contribution >= 0.6 is 0 Å². The van der Waals surface area contributed by atoms with Crippen molar-refractivity contribution in [1.82, 2.24) is 0 Å². The summed E-state index contributed by atoms with van der Waals surface area (Å²) in [7, 11) is -0.932. The molecular weight excluding hydrogens is 577 g/mol. The van der Waals surface area contributed by atoms with Gasteiger partial charge in [-0.05, 0) is 94.7 Å². The summed E-state index contributed by atoms with van der Waals surface area (Å²) >= 11 is 0. The molecule has 0 atom stereocenters. The molecule has 1 rings (SSSR count). The highest BCUT2D eigenvalue weighted by Gasteiger charge is 2.21. The number of benzene rings is 1. The minimum absolute atomic E-state index is 0.0819. The van der Waals surface area contributed by atoms with Crippen LogP contribution in [0.5, 0.6) is 0 Å². The summed E-state index contributed by atoms with van der Waals surface area (Å²) in [6.45, 7) is 0. The third-order valence-corrected chi connectivity index (χ3v) is 4.86. The van der Waals surface area contributed by atoms with Crippen molar-refractivity contribution in [2.24, 2.45) is 0 Å². The highest BCUT2D eigenvalue weighted by atomic mass is 32.2. The first-order chi connectivity index (χ1) is 22.8. The molecule has 0 heterocycles. The first-order valence-electron chi connectivity index (χ1n) is 12.0. The van der Waals surface area contributed by atoms with E-state index < -0.39 is 10.9 Å². The van der Waals surface area contributed by atoms with Crippen molar-refractivity contribution in [2.75, 3.05) is 5.75 Å². The van der Waals surface area contributed by atoms with Gasteiger partial charge in [-0.3, -0.25) is 4.79 Å². The van der Waals surface area contributed by atoms with Gasteiger partial charge in [-0.25, -0.2) is 0 Å². The molecule has 0 saturated carbocycles. The maximum absolute atomic E-state index is 12.6. The molecule has 0 radical (unpaired) electrons. The van der Waals surface area contributed by atoms with E-state index in [2.05, 4.69) is 200 Å². The number of rotatable bonds is 3. The van der Waals surface area contributed by atoms with Gasteiger partial charge in [0, 0.05) is 100 Å². The summed E-state index contributed by atoms with van der Waals surface area (Å²) in [5.74, 6) is 79.3. The molecule has 46 heavy (non-hydrogen) atoms. The summed E-state index contributed by atoms with van der Waals surface area (Å²) in [4.78, 5) is 12.6. The number of hydrogen-bond donors (Lipinski definition) is 0. The van der Waals surface area contributed by atoms with Crippen LogP contribution < -0.4 is 0 Å². The predicted octanol–water partition coefficient (Wildman–Crippen LogP) is 1.72. The Morgan fingerprint density at radius 1 is 0.413 bits per heavy atom. The van der Waals surface area contributed by atoms with Crippen LogP contribution in [-0.4, -0.2) is 11.5 Å². The number of terminal acetylenes is 2. The highest BCUT2D eigenvalue weighted by Crippen LogP contribution is 2.04. The zero-order valence-corrected chi connectivity index (χ0v) is 24.4. The lowest BCUT2D eigenvalue weighted by Crippen LogP contribution is -2.13. The van der Waals surface area contributed by atoms with Gasteiger partial charge >= 0.3 is 0 Å². The van der Waals surface area contributed by atoms with Crippen molar-refractivity contribution in [2.45, 2.75) is 0 Å². The largest absolute Gasteiger partial charge is 0.289 e. The van der Waals surface area contributed by atoms with Crippen LogP contribution in [0.3, 0.4) is 0 Å². The molecule has 0 fully saturated rings. The van der Waals surface area contributed by atoms with Crippen LogP contribution in [0.2, 0.25) is 0 Å². The maximum atomic E-state index is 12.6. The molecular formula is C44H9OS+. The Morgan fingerprint density at radius 2 is 0.674 bits per heavy atom. The van der Waals surface area contributed by atoms with E-state index in [9.17, 15) is 4.79 Å². The summed E-state index contributed by atoms with van der Waals surface area (Å²) in [6, 6.07) is 8.84. The SMILES string of the molecule is C#CC#CC#CC#CC#CC#CC#CC#CC#C[S+](C#CC#CC#CC#CC#CC#CC#CC#CC#C)CC(=O)c1ccccc1. The van der Waals surface area contributed by atoms with E-state index in [1.807, 2.05) is 6.07 Å². The molecule has 0 N–H and O–H groups in total. The monoisotopic (exact) mass is 585 g/mol. The van der Waals surface area contributed by atoms with Gasteiger partial charge in [-0.15, -0.1) is 12.8 Å². The minimum atomic E-state index is -0.932. The van der Waals surface area contributed by atoms with Crippen LogP contribution in [0.25, 0.3) is 0 Å². The molecule has 0 unspecified atom stereocenters. The smallest absolute Gasteiger partial charge is 0.214 e. The third-order valence-electron chi connectivity index (χ3n) is 3.61. The molecule has 0 amide bonds. The summed E-state index contributed by atoms with van der Waals surface area (Å²) in [5.41, 5.74) is 0.558. The minimum Gasteiger partial charge on any atom is -0.289 e. The van der Waals surface area contributed by atoms with Gasteiger partial charge in [0.2, 0.25) is 5.78 Å². The van der Waals surface area contributed by atoms with Crippen molar-refractivity contribution in [1.29, 1.82) is 0 Å².